The molecule has 0 unspecified atom stereocenters. The number of nitrogens with zero attached hydrogens (tertiary/aromatic N) is 2. The summed E-state index contributed by atoms with van der Waals surface area (Å²) in [6.45, 7) is 2.21. The molecule has 1 fully saturated rings. The number of hydrogen-bond donors (Lipinski definition) is 0. The molecule has 2 rings (SSSR count). The Hall–Kier alpha value is -1.16. The van der Waals surface area contributed by atoms with Gasteiger partial charge in [-0.25, -0.2) is 9.97 Å². The van der Waals surface area contributed by atoms with Crippen molar-refractivity contribution in [1.82, 2.24) is 9.97 Å². The molecule has 5 heteroatoms. The summed E-state index contributed by atoms with van der Waals surface area (Å²) in [4.78, 5) is 20.4. The number of carbonyl (C=O) groups is 1. The van der Waals surface area contributed by atoms with Crippen molar-refractivity contribution in [2.45, 2.75) is 44.4 Å². The van der Waals surface area contributed by atoms with E-state index in [0.717, 1.165) is 32.1 Å². The molecule has 18 heavy (non-hydrogen) atoms. The summed E-state index contributed by atoms with van der Waals surface area (Å²) >= 11 is 5.83. The van der Waals surface area contributed by atoms with E-state index in [0.29, 0.717) is 12.3 Å². The zero-order valence-corrected chi connectivity index (χ0v) is 11.2. The topological polar surface area (TPSA) is 52.1 Å². The average Bonchev–Trinajstić information content (AvgIpc) is 2.40. The molecule has 1 aliphatic carbocycles. The Balaban J connectivity index is 2.38. The van der Waals surface area contributed by atoms with Crippen molar-refractivity contribution in [3.05, 3.63) is 23.2 Å². The van der Waals surface area contributed by atoms with E-state index < -0.39 is 5.41 Å². The van der Waals surface area contributed by atoms with Crippen molar-refractivity contribution >= 4 is 17.6 Å². The molecule has 0 aromatic carbocycles. The van der Waals surface area contributed by atoms with E-state index in [-0.39, 0.29) is 11.3 Å². The van der Waals surface area contributed by atoms with E-state index in [1.165, 1.54) is 0 Å². The van der Waals surface area contributed by atoms with Gasteiger partial charge in [0.25, 0.3) is 0 Å². The van der Waals surface area contributed by atoms with E-state index in [1.54, 1.807) is 12.3 Å². The van der Waals surface area contributed by atoms with Gasteiger partial charge in [-0.3, -0.25) is 4.79 Å². The lowest BCUT2D eigenvalue weighted by Crippen LogP contribution is -2.40. The van der Waals surface area contributed by atoms with Gasteiger partial charge >= 0.3 is 5.97 Å². The van der Waals surface area contributed by atoms with Gasteiger partial charge in [-0.05, 0) is 37.4 Å². The number of halogens is 1. The van der Waals surface area contributed by atoms with Gasteiger partial charge in [0.1, 0.15) is 5.41 Å². The van der Waals surface area contributed by atoms with Crippen LogP contribution in [0.25, 0.3) is 0 Å². The van der Waals surface area contributed by atoms with Crippen LogP contribution >= 0.6 is 11.6 Å². The standard InChI is InChI=1S/C13H17ClN2O2/c1-2-18-11(17)13(7-4-3-5-8-13)10-6-9-15-12(14)16-10/h6,9H,2-5,7-8H2,1H3. The number of aromatic nitrogens is 2. The Kier molecular flexibility index (Phi) is 4.17. The van der Waals surface area contributed by atoms with Crippen LogP contribution in [0, 0.1) is 0 Å². The normalized spacial score (nSPS) is 18.3. The fraction of sp³-hybridized carbons (Fsp3) is 0.615. The second kappa shape index (κ2) is 5.65. The smallest absolute Gasteiger partial charge is 0.318 e. The molecule has 0 spiro atoms. The third kappa shape index (κ3) is 2.48. The van der Waals surface area contributed by atoms with Crippen LogP contribution in [0.2, 0.25) is 5.28 Å². The molecule has 1 aromatic rings. The Morgan fingerprint density at radius 2 is 2.17 bits per heavy atom. The lowest BCUT2D eigenvalue weighted by Gasteiger charge is -2.34. The van der Waals surface area contributed by atoms with Gasteiger partial charge in [0, 0.05) is 6.20 Å². The predicted molar refractivity (Wildman–Crippen MR) is 68.4 cm³/mol. The summed E-state index contributed by atoms with van der Waals surface area (Å²) in [6, 6.07) is 1.77. The van der Waals surface area contributed by atoms with Crippen molar-refractivity contribution < 1.29 is 9.53 Å². The zero-order valence-electron chi connectivity index (χ0n) is 10.5. The lowest BCUT2D eigenvalue weighted by molar-refractivity contribution is -0.151. The van der Waals surface area contributed by atoms with Crippen LogP contribution < -0.4 is 0 Å². The van der Waals surface area contributed by atoms with Crippen LogP contribution in [-0.4, -0.2) is 22.5 Å². The van der Waals surface area contributed by atoms with Gasteiger partial charge in [0.15, 0.2) is 0 Å². The van der Waals surface area contributed by atoms with Crippen molar-refractivity contribution in [1.29, 1.82) is 0 Å². The highest BCUT2D eigenvalue weighted by molar-refractivity contribution is 6.28. The molecular formula is C13H17ClN2O2. The minimum atomic E-state index is -0.624. The second-order valence-electron chi connectivity index (χ2n) is 4.57. The molecule has 1 heterocycles. The second-order valence-corrected chi connectivity index (χ2v) is 4.91. The Morgan fingerprint density at radius 3 is 2.78 bits per heavy atom. The van der Waals surface area contributed by atoms with E-state index in [1.807, 2.05) is 6.92 Å². The summed E-state index contributed by atoms with van der Waals surface area (Å²) in [5.41, 5.74) is 0.0709. The third-order valence-electron chi connectivity index (χ3n) is 3.49. The van der Waals surface area contributed by atoms with E-state index in [4.69, 9.17) is 16.3 Å². The van der Waals surface area contributed by atoms with Crippen LogP contribution in [0.4, 0.5) is 0 Å². The highest BCUT2D eigenvalue weighted by Crippen LogP contribution is 2.39. The summed E-state index contributed by atoms with van der Waals surface area (Å²) in [6.07, 6.45) is 6.33. The van der Waals surface area contributed by atoms with E-state index in [2.05, 4.69) is 9.97 Å². The van der Waals surface area contributed by atoms with Crippen LogP contribution in [0.3, 0.4) is 0 Å². The average molecular weight is 269 g/mol. The quantitative estimate of drug-likeness (QED) is 0.625. The first-order chi connectivity index (χ1) is 8.69. The monoisotopic (exact) mass is 268 g/mol. The Labute approximate surface area is 112 Å². The maximum atomic E-state index is 12.3. The van der Waals surface area contributed by atoms with Gasteiger partial charge in [-0.15, -0.1) is 0 Å². The summed E-state index contributed by atoms with van der Waals surface area (Å²) in [7, 11) is 0. The summed E-state index contributed by atoms with van der Waals surface area (Å²) in [5, 5.41) is 0.182. The molecule has 0 bridgehead atoms. The minimum Gasteiger partial charge on any atom is -0.465 e. The highest BCUT2D eigenvalue weighted by atomic mass is 35.5. The summed E-state index contributed by atoms with van der Waals surface area (Å²) < 4.78 is 5.24. The number of rotatable bonds is 3. The molecule has 0 saturated heterocycles. The number of ether oxygens (including phenoxy) is 1. The highest BCUT2D eigenvalue weighted by Gasteiger charge is 2.43. The molecule has 1 saturated carbocycles. The lowest BCUT2D eigenvalue weighted by atomic mass is 9.71. The number of esters is 1. The van der Waals surface area contributed by atoms with Gasteiger partial charge in [0.05, 0.1) is 12.3 Å². The first-order valence-electron chi connectivity index (χ1n) is 6.35. The number of hydrogen-bond acceptors (Lipinski definition) is 4. The molecule has 1 aromatic heterocycles. The fourth-order valence-electron chi connectivity index (χ4n) is 2.59. The third-order valence-corrected chi connectivity index (χ3v) is 3.67. The van der Waals surface area contributed by atoms with Crippen molar-refractivity contribution in [2.75, 3.05) is 6.61 Å². The van der Waals surface area contributed by atoms with Crippen molar-refractivity contribution in [3.63, 3.8) is 0 Å². The van der Waals surface area contributed by atoms with Crippen LogP contribution in [0.5, 0.6) is 0 Å². The van der Waals surface area contributed by atoms with Gasteiger partial charge in [-0.1, -0.05) is 19.3 Å². The maximum Gasteiger partial charge on any atom is 0.318 e. The molecule has 0 aliphatic heterocycles. The van der Waals surface area contributed by atoms with Crippen molar-refractivity contribution in [3.8, 4) is 0 Å². The van der Waals surface area contributed by atoms with E-state index in [9.17, 15) is 4.79 Å². The first kappa shape index (κ1) is 13.3. The SMILES string of the molecule is CCOC(=O)C1(c2ccnc(Cl)n2)CCCCC1. The minimum absolute atomic E-state index is 0.181. The maximum absolute atomic E-state index is 12.3. The predicted octanol–water partition coefficient (Wildman–Crippen LogP) is 2.90. The zero-order chi connectivity index (χ0) is 13.0. The molecule has 98 valence electrons. The van der Waals surface area contributed by atoms with Crippen LogP contribution in [-0.2, 0) is 14.9 Å². The molecule has 0 radical (unpaired) electrons. The molecule has 0 N–H and O–H groups in total. The van der Waals surface area contributed by atoms with Crippen LogP contribution in [0.1, 0.15) is 44.7 Å². The van der Waals surface area contributed by atoms with Gasteiger partial charge in [0.2, 0.25) is 5.28 Å². The number of carbonyl (C=O) groups excluding carboxylic acids is 1. The molecular weight excluding hydrogens is 252 g/mol. The summed E-state index contributed by atoms with van der Waals surface area (Å²) in [5.74, 6) is -0.181. The fourth-order valence-corrected chi connectivity index (χ4v) is 2.74. The molecule has 0 atom stereocenters. The molecule has 0 amide bonds. The first-order valence-corrected chi connectivity index (χ1v) is 6.73. The van der Waals surface area contributed by atoms with Crippen LogP contribution in [0.15, 0.2) is 12.3 Å². The molecule has 4 nitrogen and oxygen atoms in total. The van der Waals surface area contributed by atoms with Crippen molar-refractivity contribution in [2.24, 2.45) is 0 Å². The van der Waals surface area contributed by atoms with Gasteiger partial charge < -0.3 is 4.74 Å². The molecule has 1 aliphatic rings. The van der Waals surface area contributed by atoms with Gasteiger partial charge in [-0.2, -0.15) is 0 Å². The van der Waals surface area contributed by atoms with E-state index >= 15 is 0 Å². The Bertz CT molecular complexity index is 431. The largest absolute Gasteiger partial charge is 0.465 e. The Morgan fingerprint density at radius 1 is 1.44 bits per heavy atom.